The third-order valence-electron chi connectivity index (χ3n) is 4.14. The SMILES string of the molecule is COC(=O)[C@@H](Cc1cn(C(=O)OC(C)(C)C)c2ccccc12)NC(=O)C(C)C. The van der Waals surface area contributed by atoms with Gasteiger partial charge in [-0.15, -0.1) is 0 Å². The number of hydrogen-bond acceptors (Lipinski definition) is 5. The van der Waals surface area contributed by atoms with Gasteiger partial charge in [0.2, 0.25) is 5.91 Å². The Kier molecular flexibility index (Phi) is 6.48. The molecule has 0 bridgehead atoms. The number of hydrogen-bond donors (Lipinski definition) is 1. The number of nitrogens with zero attached hydrogens (tertiary/aromatic N) is 1. The fourth-order valence-electron chi connectivity index (χ4n) is 2.77. The largest absolute Gasteiger partial charge is 0.467 e. The van der Waals surface area contributed by atoms with Gasteiger partial charge >= 0.3 is 12.1 Å². The van der Waals surface area contributed by atoms with Crippen molar-refractivity contribution in [2.75, 3.05) is 7.11 Å². The third kappa shape index (κ3) is 5.12. The number of carbonyl (C=O) groups excluding carboxylic acids is 3. The molecule has 0 aliphatic rings. The van der Waals surface area contributed by atoms with E-state index in [2.05, 4.69) is 5.32 Å². The summed E-state index contributed by atoms with van der Waals surface area (Å²) in [5, 5.41) is 3.52. The van der Waals surface area contributed by atoms with E-state index in [4.69, 9.17) is 9.47 Å². The average molecular weight is 388 g/mol. The summed E-state index contributed by atoms with van der Waals surface area (Å²) in [6.07, 6.45) is 1.34. The number of esters is 1. The normalized spacial score (nSPS) is 12.7. The molecule has 1 amide bonds. The molecule has 1 N–H and O–H groups in total. The Morgan fingerprint density at radius 3 is 2.36 bits per heavy atom. The highest BCUT2D eigenvalue weighted by Crippen LogP contribution is 2.24. The number of methoxy groups -OCH3 is 1. The molecule has 0 saturated heterocycles. The van der Waals surface area contributed by atoms with Gasteiger partial charge < -0.3 is 14.8 Å². The van der Waals surface area contributed by atoms with Crippen molar-refractivity contribution in [1.29, 1.82) is 0 Å². The number of benzene rings is 1. The van der Waals surface area contributed by atoms with Crippen LogP contribution in [-0.2, 0) is 25.5 Å². The maximum absolute atomic E-state index is 12.6. The summed E-state index contributed by atoms with van der Waals surface area (Å²) in [4.78, 5) is 36.9. The zero-order valence-corrected chi connectivity index (χ0v) is 17.2. The summed E-state index contributed by atoms with van der Waals surface area (Å²) in [7, 11) is 1.28. The molecule has 1 atom stereocenters. The Morgan fingerprint density at radius 2 is 1.79 bits per heavy atom. The zero-order valence-electron chi connectivity index (χ0n) is 17.2. The number of nitrogens with one attached hydrogen (secondary N) is 1. The van der Waals surface area contributed by atoms with Crippen LogP contribution in [0, 0.1) is 5.92 Å². The predicted octanol–water partition coefficient (Wildman–Crippen LogP) is 3.28. The molecule has 7 heteroatoms. The standard InChI is InChI=1S/C21H28N2O5/c1-13(2)18(24)22-16(19(25)27-6)11-14-12-23(20(26)28-21(3,4)5)17-10-8-7-9-15(14)17/h7-10,12-13,16H,11H2,1-6H3,(H,22,24)/t16-/m1/s1. The molecular formula is C21H28N2O5. The smallest absolute Gasteiger partial charge is 0.419 e. The highest BCUT2D eigenvalue weighted by atomic mass is 16.6. The van der Waals surface area contributed by atoms with Crippen LogP contribution in [0.1, 0.15) is 40.2 Å². The molecule has 0 unspecified atom stereocenters. The van der Waals surface area contributed by atoms with E-state index >= 15 is 0 Å². The van der Waals surface area contributed by atoms with Crippen molar-refractivity contribution < 1.29 is 23.9 Å². The van der Waals surface area contributed by atoms with Crippen LogP contribution in [0.25, 0.3) is 10.9 Å². The fourth-order valence-corrected chi connectivity index (χ4v) is 2.77. The minimum absolute atomic E-state index is 0.196. The maximum atomic E-state index is 12.6. The number of rotatable bonds is 5. The van der Waals surface area contributed by atoms with Gasteiger partial charge in [-0.1, -0.05) is 32.0 Å². The second-order valence-electron chi connectivity index (χ2n) is 7.96. The molecule has 0 saturated carbocycles. The van der Waals surface area contributed by atoms with Crippen LogP contribution in [-0.4, -0.2) is 41.3 Å². The van der Waals surface area contributed by atoms with Crippen LogP contribution in [0.4, 0.5) is 4.79 Å². The van der Waals surface area contributed by atoms with E-state index in [1.165, 1.54) is 11.7 Å². The van der Waals surface area contributed by atoms with Crippen molar-refractivity contribution in [3.8, 4) is 0 Å². The average Bonchev–Trinajstić information content (AvgIpc) is 2.97. The quantitative estimate of drug-likeness (QED) is 0.795. The summed E-state index contributed by atoms with van der Waals surface area (Å²) in [5.74, 6) is -1.05. The molecule has 2 rings (SSSR count). The molecule has 0 fully saturated rings. The Morgan fingerprint density at radius 1 is 1.14 bits per heavy atom. The minimum atomic E-state index is -0.849. The molecule has 28 heavy (non-hydrogen) atoms. The molecule has 152 valence electrons. The topological polar surface area (TPSA) is 86.6 Å². The summed E-state index contributed by atoms with van der Waals surface area (Å²) in [6, 6.07) is 6.50. The first-order valence-corrected chi connectivity index (χ1v) is 9.24. The number of aromatic nitrogens is 1. The third-order valence-corrected chi connectivity index (χ3v) is 4.14. The lowest BCUT2D eigenvalue weighted by Crippen LogP contribution is -2.44. The summed E-state index contributed by atoms with van der Waals surface area (Å²) >= 11 is 0. The molecule has 0 spiro atoms. The number of para-hydroxylation sites is 1. The first kappa shape index (κ1) is 21.5. The molecule has 2 aromatic rings. The van der Waals surface area contributed by atoms with Crippen molar-refractivity contribution in [3.63, 3.8) is 0 Å². The summed E-state index contributed by atoms with van der Waals surface area (Å²) < 4.78 is 11.7. The zero-order chi connectivity index (χ0) is 21.1. The molecular weight excluding hydrogens is 360 g/mol. The van der Waals surface area contributed by atoms with Crippen LogP contribution in [0.2, 0.25) is 0 Å². The number of ether oxygens (including phenoxy) is 2. The van der Waals surface area contributed by atoms with Gasteiger partial charge in [0, 0.05) is 23.9 Å². The fraction of sp³-hybridized carbons (Fsp3) is 0.476. The van der Waals surface area contributed by atoms with E-state index in [1.54, 1.807) is 40.8 Å². The first-order chi connectivity index (χ1) is 13.0. The summed E-state index contributed by atoms with van der Waals surface area (Å²) in [6.45, 7) is 8.89. The van der Waals surface area contributed by atoms with Crippen LogP contribution >= 0.6 is 0 Å². The summed E-state index contributed by atoms with van der Waals surface area (Å²) in [5.41, 5.74) is 0.772. The number of fused-ring (bicyclic) bond motifs is 1. The van der Waals surface area contributed by atoms with E-state index in [9.17, 15) is 14.4 Å². The van der Waals surface area contributed by atoms with E-state index in [0.29, 0.717) is 5.52 Å². The van der Waals surface area contributed by atoms with Gasteiger partial charge in [-0.25, -0.2) is 9.59 Å². The molecule has 1 aromatic heterocycles. The molecule has 0 radical (unpaired) electrons. The highest BCUT2D eigenvalue weighted by Gasteiger charge is 2.26. The lowest BCUT2D eigenvalue weighted by atomic mass is 10.0. The van der Waals surface area contributed by atoms with Gasteiger partial charge in [0.15, 0.2) is 0 Å². The lowest BCUT2D eigenvalue weighted by molar-refractivity contribution is -0.145. The second-order valence-corrected chi connectivity index (χ2v) is 7.96. The van der Waals surface area contributed by atoms with E-state index < -0.39 is 23.7 Å². The van der Waals surface area contributed by atoms with Gasteiger partial charge in [0.1, 0.15) is 11.6 Å². The molecule has 7 nitrogen and oxygen atoms in total. The van der Waals surface area contributed by atoms with Gasteiger partial charge in [-0.3, -0.25) is 9.36 Å². The Labute approximate surface area is 165 Å². The Bertz CT molecular complexity index is 877. The molecule has 0 aliphatic carbocycles. The number of amides is 1. The van der Waals surface area contributed by atoms with Crippen molar-refractivity contribution in [2.24, 2.45) is 5.92 Å². The van der Waals surface area contributed by atoms with Crippen molar-refractivity contribution >= 4 is 28.9 Å². The van der Waals surface area contributed by atoms with Crippen LogP contribution in [0.15, 0.2) is 30.5 Å². The van der Waals surface area contributed by atoms with E-state index in [0.717, 1.165) is 10.9 Å². The lowest BCUT2D eigenvalue weighted by Gasteiger charge is -2.19. The second kappa shape index (κ2) is 8.46. The van der Waals surface area contributed by atoms with Crippen molar-refractivity contribution in [3.05, 3.63) is 36.0 Å². The first-order valence-electron chi connectivity index (χ1n) is 9.24. The monoisotopic (exact) mass is 388 g/mol. The minimum Gasteiger partial charge on any atom is -0.467 e. The van der Waals surface area contributed by atoms with Crippen LogP contribution < -0.4 is 5.32 Å². The Hall–Kier alpha value is -2.83. The van der Waals surface area contributed by atoms with Gasteiger partial charge in [0.05, 0.1) is 12.6 Å². The molecule has 1 aromatic carbocycles. The van der Waals surface area contributed by atoms with Gasteiger partial charge in [0.25, 0.3) is 0 Å². The van der Waals surface area contributed by atoms with E-state index in [-0.39, 0.29) is 18.2 Å². The predicted molar refractivity (Wildman–Crippen MR) is 106 cm³/mol. The maximum Gasteiger partial charge on any atom is 0.419 e. The van der Waals surface area contributed by atoms with Crippen molar-refractivity contribution in [2.45, 2.75) is 52.7 Å². The van der Waals surface area contributed by atoms with Crippen LogP contribution in [0.3, 0.4) is 0 Å². The van der Waals surface area contributed by atoms with Gasteiger partial charge in [-0.2, -0.15) is 0 Å². The molecule has 0 aliphatic heterocycles. The highest BCUT2D eigenvalue weighted by molar-refractivity contribution is 5.93. The van der Waals surface area contributed by atoms with Crippen molar-refractivity contribution in [1.82, 2.24) is 9.88 Å². The molecule has 1 heterocycles. The Balaban J connectivity index is 2.41. The van der Waals surface area contributed by atoms with Crippen LogP contribution in [0.5, 0.6) is 0 Å². The number of carbonyl (C=O) groups is 3. The van der Waals surface area contributed by atoms with E-state index in [1.807, 2.05) is 24.3 Å². The van der Waals surface area contributed by atoms with Gasteiger partial charge in [-0.05, 0) is 32.4 Å².